The molecule has 0 radical (unpaired) electrons. The number of fused-ring (bicyclic) bond motifs is 1. The minimum absolute atomic E-state index is 0.498. The molecule has 1 heterocycles. The van der Waals surface area contributed by atoms with Gasteiger partial charge in [-0.2, -0.15) is 0 Å². The highest BCUT2D eigenvalue weighted by atomic mass is 35.5. The predicted octanol–water partition coefficient (Wildman–Crippen LogP) is 4.66. The molecule has 1 N–H and O–H groups in total. The van der Waals surface area contributed by atoms with Crippen LogP contribution in [0.2, 0.25) is 5.02 Å². The molecule has 0 spiro atoms. The van der Waals surface area contributed by atoms with Crippen LogP contribution >= 0.6 is 23.4 Å². The lowest BCUT2D eigenvalue weighted by atomic mass is 9.70. The van der Waals surface area contributed by atoms with Crippen molar-refractivity contribution in [3.63, 3.8) is 0 Å². The molecule has 0 aromatic heterocycles. The second-order valence-corrected chi connectivity index (χ2v) is 7.49. The highest BCUT2D eigenvalue weighted by Crippen LogP contribution is 2.42. The van der Waals surface area contributed by atoms with Crippen molar-refractivity contribution in [3.8, 4) is 0 Å². The Morgan fingerprint density at radius 1 is 1.44 bits per heavy atom. The third kappa shape index (κ3) is 2.56. The molecule has 0 amide bonds. The van der Waals surface area contributed by atoms with Gasteiger partial charge in [0.2, 0.25) is 0 Å². The van der Waals surface area contributed by atoms with Crippen LogP contribution in [0.4, 0.5) is 0 Å². The van der Waals surface area contributed by atoms with Crippen LogP contribution < -0.4 is 5.32 Å². The van der Waals surface area contributed by atoms with E-state index in [-0.39, 0.29) is 0 Å². The third-order valence-electron chi connectivity index (χ3n) is 4.35. The van der Waals surface area contributed by atoms with Crippen LogP contribution in [0.3, 0.4) is 0 Å². The maximum Gasteiger partial charge on any atom is 0.0410 e. The largest absolute Gasteiger partial charge is 0.309 e. The van der Waals surface area contributed by atoms with Crippen LogP contribution in [0.25, 0.3) is 0 Å². The summed E-state index contributed by atoms with van der Waals surface area (Å²) in [5.74, 6) is 1.21. The van der Waals surface area contributed by atoms with E-state index in [1.54, 1.807) is 0 Å². The quantitative estimate of drug-likeness (QED) is 0.865. The molecule has 3 rings (SSSR count). The highest BCUT2D eigenvalue weighted by molar-refractivity contribution is 7.99. The van der Waals surface area contributed by atoms with E-state index in [4.69, 9.17) is 11.6 Å². The van der Waals surface area contributed by atoms with Crippen LogP contribution in [0.5, 0.6) is 0 Å². The molecule has 1 fully saturated rings. The summed E-state index contributed by atoms with van der Waals surface area (Å²) in [5, 5.41) is 4.63. The van der Waals surface area contributed by atoms with Gasteiger partial charge in [0.05, 0.1) is 0 Å². The number of hydrogen-bond donors (Lipinski definition) is 1. The molecule has 0 bridgehead atoms. The van der Waals surface area contributed by atoms with Gasteiger partial charge in [0.1, 0.15) is 0 Å². The van der Waals surface area contributed by atoms with Crippen molar-refractivity contribution in [2.45, 2.75) is 43.5 Å². The second kappa shape index (κ2) is 5.07. The van der Waals surface area contributed by atoms with Gasteiger partial charge in [-0.3, -0.25) is 0 Å². The molecule has 1 nitrogen and oxygen atoms in total. The zero-order chi connectivity index (χ0) is 12.6. The Morgan fingerprint density at radius 2 is 2.28 bits per heavy atom. The van der Waals surface area contributed by atoms with Crippen molar-refractivity contribution >= 4 is 23.4 Å². The molecule has 18 heavy (non-hydrogen) atoms. The molecule has 1 aromatic rings. The van der Waals surface area contributed by atoms with E-state index in [1.165, 1.54) is 41.9 Å². The smallest absolute Gasteiger partial charge is 0.0410 e. The van der Waals surface area contributed by atoms with E-state index < -0.39 is 0 Å². The maximum atomic E-state index is 6.13. The fourth-order valence-corrected chi connectivity index (χ4v) is 4.19. The van der Waals surface area contributed by atoms with Crippen LogP contribution in [0.1, 0.15) is 44.2 Å². The molecule has 1 aliphatic carbocycles. The zero-order valence-electron chi connectivity index (χ0n) is 10.8. The number of thioether (sulfide) groups is 1. The normalized spacial score (nSPS) is 25.3. The molecule has 98 valence electrons. The van der Waals surface area contributed by atoms with Crippen molar-refractivity contribution < 1.29 is 0 Å². The van der Waals surface area contributed by atoms with Gasteiger partial charge in [0.25, 0.3) is 0 Å². The maximum absolute atomic E-state index is 6.13. The summed E-state index contributed by atoms with van der Waals surface area (Å²) in [7, 11) is 0. The third-order valence-corrected chi connectivity index (χ3v) is 5.70. The molecule has 0 saturated heterocycles. The fourth-order valence-electron chi connectivity index (χ4n) is 2.90. The van der Waals surface area contributed by atoms with Gasteiger partial charge in [0, 0.05) is 22.5 Å². The number of nitrogens with one attached hydrogen (secondary N) is 1. The Balaban J connectivity index is 1.72. The predicted molar refractivity (Wildman–Crippen MR) is 79.5 cm³/mol. The van der Waals surface area contributed by atoms with E-state index in [0.717, 1.165) is 11.6 Å². The molecule has 1 aromatic carbocycles. The summed E-state index contributed by atoms with van der Waals surface area (Å²) in [5.41, 5.74) is 1.95. The molecule has 1 aliphatic heterocycles. The van der Waals surface area contributed by atoms with E-state index in [0.29, 0.717) is 11.5 Å². The first-order valence-corrected chi connectivity index (χ1v) is 8.18. The summed E-state index contributed by atoms with van der Waals surface area (Å²) >= 11 is 8.09. The Bertz CT molecular complexity index is 442. The first-order valence-electron chi connectivity index (χ1n) is 6.82. The topological polar surface area (TPSA) is 12.0 Å². The van der Waals surface area contributed by atoms with Crippen molar-refractivity contribution in [1.82, 2.24) is 5.32 Å². The van der Waals surface area contributed by atoms with Crippen molar-refractivity contribution in [1.29, 1.82) is 0 Å². The Hall–Kier alpha value is -0.180. The zero-order valence-corrected chi connectivity index (χ0v) is 12.4. The van der Waals surface area contributed by atoms with Gasteiger partial charge in [-0.1, -0.05) is 24.9 Å². The number of benzene rings is 1. The molecule has 1 unspecified atom stereocenters. The van der Waals surface area contributed by atoms with Crippen LogP contribution in [0.15, 0.2) is 23.1 Å². The molecule has 1 saturated carbocycles. The SMILES string of the molecule is CC1(CNC2CCSc3ccc(Cl)cc32)CCC1. The molecular weight excluding hydrogens is 262 g/mol. The summed E-state index contributed by atoms with van der Waals surface area (Å²) in [6.07, 6.45) is 5.38. The molecular formula is C15H20ClNS. The molecule has 1 atom stereocenters. The minimum atomic E-state index is 0.498. The van der Waals surface area contributed by atoms with Crippen LogP contribution in [0, 0.1) is 5.41 Å². The van der Waals surface area contributed by atoms with Crippen molar-refractivity contribution in [2.75, 3.05) is 12.3 Å². The van der Waals surface area contributed by atoms with E-state index in [9.17, 15) is 0 Å². The molecule has 2 aliphatic rings. The van der Waals surface area contributed by atoms with Gasteiger partial charge in [-0.05, 0) is 54.2 Å². The van der Waals surface area contributed by atoms with Crippen molar-refractivity contribution in [2.24, 2.45) is 5.41 Å². The minimum Gasteiger partial charge on any atom is -0.309 e. The fraction of sp³-hybridized carbons (Fsp3) is 0.600. The number of rotatable bonds is 3. The summed E-state index contributed by atoms with van der Waals surface area (Å²) < 4.78 is 0. The van der Waals surface area contributed by atoms with Gasteiger partial charge in [0.15, 0.2) is 0 Å². The Morgan fingerprint density at radius 3 is 3.00 bits per heavy atom. The van der Waals surface area contributed by atoms with Gasteiger partial charge < -0.3 is 5.32 Å². The van der Waals surface area contributed by atoms with Crippen molar-refractivity contribution in [3.05, 3.63) is 28.8 Å². The summed E-state index contributed by atoms with van der Waals surface area (Å²) in [6.45, 7) is 3.55. The van der Waals surface area contributed by atoms with Crippen LogP contribution in [-0.2, 0) is 0 Å². The van der Waals surface area contributed by atoms with Crippen LogP contribution in [-0.4, -0.2) is 12.3 Å². The van der Waals surface area contributed by atoms with Gasteiger partial charge >= 0.3 is 0 Å². The highest BCUT2D eigenvalue weighted by Gasteiger charge is 2.32. The monoisotopic (exact) mass is 281 g/mol. The lowest BCUT2D eigenvalue weighted by Crippen LogP contribution is -2.39. The lowest BCUT2D eigenvalue weighted by molar-refractivity contribution is 0.150. The summed E-state index contributed by atoms with van der Waals surface area (Å²) in [4.78, 5) is 1.40. The Kier molecular flexibility index (Phi) is 3.61. The number of hydrogen-bond acceptors (Lipinski definition) is 2. The number of halogens is 1. The van der Waals surface area contributed by atoms with E-state index >= 15 is 0 Å². The second-order valence-electron chi connectivity index (χ2n) is 5.92. The lowest BCUT2D eigenvalue weighted by Gasteiger charge is -2.40. The van der Waals surface area contributed by atoms with Gasteiger partial charge in [-0.25, -0.2) is 0 Å². The standard InChI is InChI=1S/C15H20ClNS/c1-15(6-2-7-15)10-17-13-5-8-18-14-4-3-11(16)9-12(13)14/h3-4,9,13,17H,2,5-8,10H2,1H3. The Labute approximate surface area is 119 Å². The van der Waals surface area contributed by atoms with E-state index in [1.807, 2.05) is 17.8 Å². The first kappa shape index (κ1) is 12.8. The average molecular weight is 282 g/mol. The first-order chi connectivity index (χ1) is 8.66. The van der Waals surface area contributed by atoms with E-state index in [2.05, 4.69) is 24.4 Å². The molecule has 3 heteroatoms. The van der Waals surface area contributed by atoms with Gasteiger partial charge in [-0.15, -0.1) is 11.8 Å². The summed E-state index contributed by atoms with van der Waals surface area (Å²) in [6, 6.07) is 6.81. The average Bonchev–Trinajstić information content (AvgIpc) is 2.34.